The van der Waals surface area contributed by atoms with Crippen LogP contribution >= 0.6 is 11.8 Å². The average molecular weight is 260 g/mol. The van der Waals surface area contributed by atoms with Crippen molar-refractivity contribution in [3.8, 4) is 0 Å². The molecule has 0 aliphatic rings. The van der Waals surface area contributed by atoms with Crippen LogP contribution in [-0.2, 0) is 4.93 Å². The van der Waals surface area contributed by atoms with Crippen LogP contribution in [0.4, 0.5) is 0 Å². The van der Waals surface area contributed by atoms with Crippen molar-refractivity contribution >= 4 is 11.8 Å². The first-order valence-electron chi connectivity index (χ1n) is 5.95. The lowest BCUT2D eigenvalue weighted by molar-refractivity contribution is 0.176. The molecule has 1 atom stereocenters. The quantitative estimate of drug-likeness (QED) is 0.840. The van der Waals surface area contributed by atoms with E-state index >= 15 is 0 Å². The average Bonchev–Trinajstić information content (AvgIpc) is 2.46. The molecule has 1 unspecified atom stereocenters. The van der Waals surface area contributed by atoms with Crippen molar-refractivity contribution in [2.45, 2.75) is 18.3 Å². The number of hydrogen-bond acceptors (Lipinski definition) is 4. The van der Waals surface area contributed by atoms with E-state index in [1.807, 2.05) is 30.3 Å². The Balaban J connectivity index is 2.41. The molecule has 0 fully saturated rings. The van der Waals surface area contributed by atoms with Crippen LogP contribution in [-0.4, -0.2) is 20.8 Å². The number of thioether (sulfide) groups is 1. The first-order chi connectivity index (χ1) is 8.77. The zero-order chi connectivity index (χ0) is 12.8. The van der Waals surface area contributed by atoms with Gasteiger partial charge in [0.25, 0.3) is 0 Å². The van der Waals surface area contributed by atoms with Gasteiger partial charge in [0.1, 0.15) is 6.33 Å². The third-order valence-electron chi connectivity index (χ3n) is 2.61. The van der Waals surface area contributed by atoms with E-state index in [2.05, 4.69) is 16.9 Å². The monoisotopic (exact) mass is 260 g/mol. The molecule has 0 amide bonds. The van der Waals surface area contributed by atoms with E-state index in [0.717, 1.165) is 17.7 Å². The van der Waals surface area contributed by atoms with Crippen LogP contribution in [0.5, 0.6) is 0 Å². The summed E-state index contributed by atoms with van der Waals surface area (Å²) in [5.74, 6) is 0.870. The Labute approximate surface area is 111 Å². The molecular weight excluding hydrogens is 244 g/mol. The molecule has 0 spiro atoms. The molecule has 3 nitrogen and oxygen atoms in total. The second-order valence-electron chi connectivity index (χ2n) is 3.95. The summed E-state index contributed by atoms with van der Waals surface area (Å²) in [4.78, 5) is 7.00. The predicted octanol–water partition coefficient (Wildman–Crippen LogP) is 2.81. The predicted molar refractivity (Wildman–Crippen MR) is 74.2 cm³/mol. The molecule has 2 rings (SSSR count). The van der Waals surface area contributed by atoms with E-state index in [-0.39, 0.29) is 0 Å². The Hall–Kier alpha value is -1.39. The van der Waals surface area contributed by atoms with E-state index < -0.39 is 4.93 Å². The molecule has 18 heavy (non-hydrogen) atoms. The largest absolute Gasteiger partial charge is 0.370 e. The summed E-state index contributed by atoms with van der Waals surface area (Å²) in [6, 6.07) is 11.4. The summed E-state index contributed by atoms with van der Waals surface area (Å²) in [6.45, 7) is 2.10. The minimum Gasteiger partial charge on any atom is -0.370 e. The van der Waals surface area contributed by atoms with E-state index in [1.165, 1.54) is 18.1 Å². The van der Waals surface area contributed by atoms with Gasteiger partial charge >= 0.3 is 0 Å². The summed E-state index contributed by atoms with van der Waals surface area (Å²) < 4.78 is 0. The summed E-state index contributed by atoms with van der Waals surface area (Å²) in [5, 5.41) is 11.0. The normalized spacial score (nSPS) is 14.1. The van der Waals surface area contributed by atoms with Crippen LogP contribution in [0.2, 0.25) is 0 Å². The summed E-state index contributed by atoms with van der Waals surface area (Å²) >= 11 is 1.50. The number of aromatic nitrogens is 2. The fourth-order valence-corrected chi connectivity index (χ4v) is 2.78. The molecular formula is C14H16N2OS. The van der Waals surface area contributed by atoms with Gasteiger partial charge in [-0.1, -0.05) is 37.3 Å². The van der Waals surface area contributed by atoms with Crippen molar-refractivity contribution in [3.63, 3.8) is 0 Å². The molecule has 1 aromatic heterocycles. The lowest BCUT2D eigenvalue weighted by Gasteiger charge is -2.27. The summed E-state index contributed by atoms with van der Waals surface area (Å²) in [5.41, 5.74) is 1.48. The highest BCUT2D eigenvalue weighted by Crippen LogP contribution is 2.39. The van der Waals surface area contributed by atoms with Gasteiger partial charge in [0, 0.05) is 11.8 Å². The lowest BCUT2D eigenvalue weighted by Crippen LogP contribution is -2.25. The maximum atomic E-state index is 11.0. The molecule has 1 aromatic carbocycles. The summed E-state index contributed by atoms with van der Waals surface area (Å²) in [7, 11) is 0. The molecule has 1 heterocycles. The first-order valence-corrected chi connectivity index (χ1v) is 6.94. The van der Waals surface area contributed by atoms with Gasteiger partial charge in [-0.2, -0.15) is 0 Å². The first kappa shape index (κ1) is 13.1. The van der Waals surface area contributed by atoms with Crippen LogP contribution in [0.1, 0.15) is 24.6 Å². The Morgan fingerprint density at radius 2 is 2.00 bits per heavy atom. The highest BCUT2D eigenvalue weighted by atomic mass is 32.2. The third kappa shape index (κ3) is 2.71. The van der Waals surface area contributed by atoms with Crippen LogP contribution < -0.4 is 0 Å². The fraction of sp³-hybridized carbons (Fsp3) is 0.286. The van der Waals surface area contributed by atoms with Gasteiger partial charge in [0.15, 0.2) is 4.93 Å². The Bertz CT molecular complexity index is 436. The van der Waals surface area contributed by atoms with E-state index in [4.69, 9.17) is 0 Å². The van der Waals surface area contributed by atoms with E-state index in [0.29, 0.717) is 5.69 Å². The summed E-state index contributed by atoms with van der Waals surface area (Å²) in [6.07, 6.45) is 4.13. The molecule has 2 aromatic rings. The second-order valence-corrected chi connectivity index (χ2v) is 5.24. The smallest absolute Gasteiger partial charge is 0.179 e. The zero-order valence-electron chi connectivity index (χ0n) is 10.3. The molecule has 0 saturated heterocycles. The maximum absolute atomic E-state index is 11.0. The number of rotatable bonds is 5. The molecule has 0 aliphatic carbocycles. The Kier molecular flexibility index (Phi) is 4.33. The molecule has 1 N–H and O–H groups in total. The van der Waals surface area contributed by atoms with Crippen LogP contribution in [0, 0.1) is 0 Å². The second kappa shape index (κ2) is 5.98. The minimum absolute atomic E-state index is 0.627. The lowest BCUT2D eigenvalue weighted by atomic mass is 10.1. The number of aliphatic hydroxyl groups is 1. The van der Waals surface area contributed by atoms with E-state index in [9.17, 15) is 5.11 Å². The van der Waals surface area contributed by atoms with Gasteiger partial charge in [0.05, 0.1) is 5.69 Å². The van der Waals surface area contributed by atoms with Crippen molar-refractivity contribution in [2.24, 2.45) is 0 Å². The third-order valence-corrected chi connectivity index (χ3v) is 4.08. The van der Waals surface area contributed by atoms with Crippen molar-refractivity contribution < 1.29 is 5.11 Å². The van der Waals surface area contributed by atoms with Gasteiger partial charge in [-0.3, -0.25) is 0 Å². The highest BCUT2D eigenvalue weighted by Gasteiger charge is 2.33. The van der Waals surface area contributed by atoms with Gasteiger partial charge in [-0.05, 0) is 18.2 Å². The maximum Gasteiger partial charge on any atom is 0.179 e. The topological polar surface area (TPSA) is 46.0 Å². The molecule has 4 heteroatoms. The molecule has 0 bridgehead atoms. The van der Waals surface area contributed by atoms with Crippen molar-refractivity contribution in [1.29, 1.82) is 0 Å². The standard InChI is InChI=1S/C14H16N2OS/c1-2-10-18-14(17,12-6-4-3-5-7-12)13-8-9-15-11-16-13/h3-9,11,17H,2,10H2,1H3. The zero-order valence-corrected chi connectivity index (χ0v) is 11.1. The Morgan fingerprint density at radius 3 is 2.61 bits per heavy atom. The van der Waals surface area contributed by atoms with Crippen LogP contribution in [0.3, 0.4) is 0 Å². The molecule has 94 valence electrons. The van der Waals surface area contributed by atoms with Crippen molar-refractivity contribution in [3.05, 3.63) is 60.2 Å². The van der Waals surface area contributed by atoms with Crippen molar-refractivity contribution in [2.75, 3.05) is 5.75 Å². The number of benzene rings is 1. The number of hydrogen-bond donors (Lipinski definition) is 1. The van der Waals surface area contributed by atoms with Crippen LogP contribution in [0.15, 0.2) is 48.9 Å². The van der Waals surface area contributed by atoms with Gasteiger partial charge < -0.3 is 5.11 Å². The van der Waals surface area contributed by atoms with Crippen LogP contribution in [0.25, 0.3) is 0 Å². The molecule has 0 saturated carbocycles. The van der Waals surface area contributed by atoms with Gasteiger partial charge in [-0.15, -0.1) is 11.8 Å². The van der Waals surface area contributed by atoms with Gasteiger partial charge in [-0.25, -0.2) is 9.97 Å². The fourth-order valence-electron chi connectivity index (χ4n) is 1.71. The minimum atomic E-state index is -1.10. The Morgan fingerprint density at radius 1 is 1.22 bits per heavy atom. The number of nitrogens with zero attached hydrogens (tertiary/aromatic N) is 2. The SMILES string of the molecule is CCCSC(O)(c1ccccc1)c1ccncn1. The highest BCUT2D eigenvalue weighted by molar-refractivity contribution is 8.00. The molecule has 0 aliphatic heterocycles. The van der Waals surface area contributed by atoms with E-state index in [1.54, 1.807) is 12.3 Å². The van der Waals surface area contributed by atoms with Crippen molar-refractivity contribution in [1.82, 2.24) is 9.97 Å². The van der Waals surface area contributed by atoms with Gasteiger partial charge in [0.2, 0.25) is 0 Å². The molecule has 0 radical (unpaired) electrons.